The first-order valence-electron chi connectivity index (χ1n) is 12.8. The standard InChI is InChI=1S/C31H29F2N3O3/c1-17-7-5-8-18(2)27(17)22-13-21(20(4)37)14-23(15-22)29-34-19(3)28(36(29)39)30(38)35-26-10-6-9-25(16-26)31(32,33)24-11-12-24/h5-10,13-16,24,39H,11-12H2,1-4H3,(H,35,38). The zero-order chi connectivity index (χ0) is 28.1. The minimum absolute atomic E-state index is 0.0854. The van der Waals surface area contributed by atoms with Crippen LogP contribution in [0.15, 0.2) is 60.7 Å². The number of halogens is 2. The molecule has 1 aliphatic rings. The lowest BCUT2D eigenvalue weighted by Crippen LogP contribution is -2.19. The molecule has 0 bridgehead atoms. The van der Waals surface area contributed by atoms with Crippen LogP contribution in [0.5, 0.6) is 0 Å². The van der Waals surface area contributed by atoms with Crippen LogP contribution in [0.3, 0.4) is 0 Å². The van der Waals surface area contributed by atoms with Gasteiger partial charge in [-0.2, -0.15) is 4.73 Å². The molecule has 0 atom stereocenters. The molecule has 1 heterocycles. The Kier molecular flexibility index (Phi) is 6.58. The third-order valence-electron chi connectivity index (χ3n) is 7.21. The van der Waals surface area contributed by atoms with Crippen LogP contribution < -0.4 is 5.32 Å². The van der Waals surface area contributed by atoms with Crippen molar-refractivity contribution in [1.82, 2.24) is 9.71 Å². The zero-order valence-corrected chi connectivity index (χ0v) is 22.2. The largest absolute Gasteiger partial charge is 0.426 e. The molecule has 0 aliphatic heterocycles. The number of nitrogens with zero attached hydrogens (tertiary/aromatic N) is 2. The second-order valence-electron chi connectivity index (χ2n) is 10.2. The highest BCUT2D eigenvalue weighted by Crippen LogP contribution is 2.50. The van der Waals surface area contributed by atoms with Crippen molar-refractivity contribution in [3.8, 4) is 22.5 Å². The number of anilines is 1. The first-order chi connectivity index (χ1) is 18.5. The molecular weight excluding hydrogens is 500 g/mol. The number of ketones is 1. The molecule has 0 spiro atoms. The summed E-state index contributed by atoms with van der Waals surface area (Å²) in [4.78, 5) is 30.0. The number of nitrogens with one attached hydrogen (secondary N) is 1. The fraction of sp³-hybridized carbons (Fsp3) is 0.258. The van der Waals surface area contributed by atoms with Gasteiger partial charge in [-0.05, 0) is 93.1 Å². The number of benzene rings is 3. The third kappa shape index (κ3) is 4.94. The lowest BCUT2D eigenvalue weighted by molar-refractivity contribution is -0.0285. The lowest BCUT2D eigenvalue weighted by Gasteiger charge is -2.17. The molecular formula is C31H29F2N3O3. The number of aryl methyl sites for hydroxylation is 3. The van der Waals surface area contributed by atoms with Gasteiger partial charge >= 0.3 is 0 Å². The maximum absolute atomic E-state index is 14.6. The average Bonchev–Trinajstić information content (AvgIpc) is 3.69. The molecule has 1 amide bonds. The Hall–Kier alpha value is -4.33. The Labute approximate surface area is 225 Å². The van der Waals surface area contributed by atoms with E-state index in [2.05, 4.69) is 10.3 Å². The Balaban J connectivity index is 1.52. The van der Waals surface area contributed by atoms with Crippen molar-refractivity contribution in [2.24, 2.45) is 5.92 Å². The highest BCUT2D eigenvalue weighted by Gasteiger charge is 2.48. The first kappa shape index (κ1) is 26.3. The lowest BCUT2D eigenvalue weighted by atomic mass is 9.92. The smallest absolute Gasteiger partial charge is 0.277 e. The fourth-order valence-electron chi connectivity index (χ4n) is 5.02. The average molecular weight is 530 g/mol. The van der Waals surface area contributed by atoms with E-state index in [9.17, 15) is 23.6 Å². The number of carbonyl (C=O) groups excluding carboxylic acids is 2. The number of Topliss-reactive ketones (excluding diaryl/α,β-unsaturated/α-hetero) is 1. The quantitative estimate of drug-likeness (QED) is 0.194. The molecule has 3 aromatic carbocycles. The van der Waals surface area contributed by atoms with Crippen LogP contribution in [0.4, 0.5) is 14.5 Å². The molecule has 0 radical (unpaired) electrons. The monoisotopic (exact) mass is 529 g/mol. The highest BCUT2D eigenvalue weighted by atomic mass is 19.3. The molecule has 1 fully saturated rings. The molecule has 5 rings (SSSR count). The van der Waals surface area contributed by atoms with Crippen molar-refractivity contribution >= 4 is 17.4 Å². The van der Waals surface area contributed by atoms with Gasteiger partial charge in [0.2, 0.25) is 0 Å². The van der Waals surface area contributed by atoms with Crippen molar-refractivity contribution in [2.75, 3.05) is 5.32 Å². The van der Waals surface area contributed by atoms with Gasteiger partial charge in [0, 0.05) is 28.3 Å². The van der Waals surface area contributed by atoms with Gasteiger partial charge in [-0.25, -0.2) is 13.8 Å². The van der Waals surface area contributed by atoms with Gasteiger partial charge in [0.25, 0.3) is 11.8 Å². The number of amides is 1. The summed E-state index contributed by atoms with van der Waals surface area (Å²) in [6.45, 7) is 7.00. The maximum Gasteiger partial charge on any atom is 0.277 e. The van der Waals surface area contributed by atoms with Gasteiger partial charge in [0.1, 0.15) is 0 Å². The number of hydrogen-bond donors (Lipinski definition) is 2. The summed E-state index contributed by atoms with van der Waals surface area (Å²) in [5.74, 6) is -4.40. The Morgan fingerprint density at radius 2 is 1.62 bits per heavy atom. The van der Waals surface area contributed by atoms with Crippen LogP contribution in [0.1, 0.15) is 63.0 Å². The van der Waals surface area contributed by atoms with E-state index in [0.717, 1.165) is 22.3 Å². The highest BCUT2D eigenvalue weighted by molar-refractivity contribution is 6.04. The molecule has 4 aromatic rings. The van der Waals surface area contributed by atoms with Crippen molar-refractivity contribution in [3.63, 3.8) is 0 Å². The van der Waals surface area contributed by atoms with Crippen LogP contribution in [0.25, 0.3) is 22.5 Å². The topological polar surface area (TPSA) is 84.2 Å². The van der Waals surface area contributed by atoms with Crippen molar-refractivity contribution in [3.05, 3.63) is 94.3 Å². The SMILES string of the molecule is CC(=O)c1cc(-c2c(C)cccc2C)cc(-c2nc(C)c(C(=O)Nc3cccc(C(F)(F)C4CC4)c3)n2O)c1. The van der Waals surface area contributed by atoms with Crippen LogP contribution in [-0.4, -0.2) is 26.6 Å². The van der Waals surface area contributed by atoms with Crippen LogP contribution in [0, 0.1) is 26.7 Å². The summed E-state index contributed by atoms with van der Waals surface area (Å²) in [7, 11) is 0. The second-order valence-corrected chi connectivity index (χ2v) is 10.2. The van der Waals surface area contributed by atoms with E-state index in [0.29, 0.717) is 28.7 Å². The zero-order valence-electron chi connectivity index (χ0n) is 22.2. The third-order valence-corrected chi connectivity index (χ3v) is 7.21. The summed E-state index contributed by atoms with van der Waals surface area (Å²) in [6, 6.07) is 16.8. The molecule has 2 N–H and O–H groups in total. The van der Waals surface area contributed by atoms with Gasteiger partial charge in [-0.1, -0.05) is 30.3 Å². The maximum atomic E-state index is 14.6. The van der Waals surface area contributed by atoms with E-state index in [1.54, 1.807) is 19.1 Å². The van der Waals surface area contributed by atoms with E-state index >= 15 is 0 Å². The van der Waals surface area contributed by atoms with Crippen LogP contribution >= 0.6 is 0 Å². The Bertz CT molecular complexity index is 1600. The van der Waals surface area contributed by atoms with Crippen LogP contribution in [0.2, 0.25) is 0 Å². The molecule has 0 saturated heterocycles. The number of carbonyl (C=O) groups is 2. The molecule has 39 heavy (non-hydrogen) atoms. The van der Waals surface area contributed by atoms with Crippen LogP contribution in [-0.2, 0) is 5.92 Å². The molecule has 200 valence electrons. The summed E-state index contributed by atoms with van der Waals surface area (Å²) in [5.41, 5.74) is 4.84. The van der Waals surface area contributed by atoms with E-state index in [1.165, 1.54) is 31.2 Å². The summed E-state index contributed by atoms with van der Waals surface area (Å²) < 4.78 is 29.9. The molecule has 1 aromatic heterocycles. The number of aromatic nitrogens is 2. The number of alkyl halides is 2. The van der Waals surface area contributed by atoms with E-state index in [4.69, 9.17) is 0 Å². The van der Waals surface area contributed by atoms with Gasteiger partial charge in [-0.15, -0.1) is 0 Å². The van der Waals surface area contributed by atoms with Crippen molar-refractivity contribution in [1.29, 1.82) is 0 Å². The second kappa shape index (κ2) is 9.76. The van der Waals surface area contributed by atoms with Crippen molar-refractivity contribution in [2.45, 2.75) is 46.5 Å². The molecule has 6 nitrogen and oxygen atoms in total. The first-order valence-corrected chi connectivity index (χ1v) is 12.8. The summed E-state index contributed by atoms with van der Waals surface area (Å²) >= 11 is 0. The van der Waals surface area contributed by atoms with E-state index in [-0.39, 0.29) is 34.2 Å². The van der Waals surface area contributed by atoms with Gasteiger partial charge in [-0.3, -0.25) is 9.59 Å². The molecule has 1 saturated carbocycles. The normalized spacial score (nSPS) is 13.4. The predicted molar refractivity (Wildman–Crippen MR) is 146 cm³/mol. The minimum atomic E-state index is -2.96. The van der Waals surface area contributed by atoms with Gasteiger partial charge in [0.15, 0.2) is 17.3 Å². The summed E-state index contributed by atoms with van der Waals surface area (Å²) in [6.07, 6.45) is 0.955. The fourth-order valence-corrected chi connectivity index (χ4v) is 5.02. The van der Waals surface area contributed by atoms with Gasteiger partial charge < -0.3 is 10.5 Å². The number of imidazole rings is 1. The number of rotatable bonds is 7. The molecule has 1 aliphatic carbocycles. The number of hydrogen-bond acceptors (Lipinski definition) is 4. The summed E-state index contributed by atoms with van der Waals surface area (Å²) in [5, 5.41) is 13.7. The minimum Gasteiger partial charge on any atom is -0.426 e. The van der Waals surface area contributed by atoms with Gasteiger partial charge in [0.05, 0.1) is 5.69 Å². The van der Waals surface area contributed by atoms with E-state index < -0.39 is 17.7 Å². The van der Waals surface area contributed by atoms with E-state index in [1.807, 2.05) is 38.1 Å². The Morgan fingerprint density at radius 1 is 0.974 bits per heavy atom. The van der Waals surface area contributed by atoms with Crippen molar-refractivity contribution < 1.29 is 23.6 Å². The Morgan fingerprint density at radius 3 is 2.26 bits per heavy atom. The molecule has 8 heteroatoms. The predicted octanol–water partition coefficient (Wildman–Crippen LogP) is 7.34. The molecule has 0 unspecified atom stereocenters.